The number of hydrogen-bond acceptors (Lipinski definition) is 3. The number of carboxylic acids is 1. The largest absolute Gasteiger partial charge is 0.493 e. The molecule has 1 atom stereocenters. The summed E-state index contributed by atoms with van der Waals surface area (Å²) < 4.78 is 10.9. The summed E-state index contributed by atoms with van der Waals surface area (Å²) in [6, 6.07) is 13.0. The van der Waals surface area contributed by atoms with Crippen molar-refractivity contribution in [2.24, 2.45) is 0 Å². The van der Waals surface area contributed by atoms with Crippen molar-refractivity contribution in [2.45, 2.75) is 26.4 Å². The van der Waals surface area contributed by atoms with Gasteiger partial charge in [0, 0.05) is 6.42 Å². The molecule has 0 fully saturated rings. The molecule has 0 radical (unpaired) electrons. The Hall–Kier alpha value is -2.49. The van der Waals surface area contributed by atoms with Gasteiger partial charge in [0.15, 0.2) is 17.6 Å². The van der Waals surface area contributed by atoms with Gasteiger partial charge in [0.05, 0.1) is 7.11 Å². The monoisotopic (exact) mass is 300 g/mol. The second-order valence-corrected chi connectivity index (χ2v) is 5.23. The lowest BCUT2D eigenvalue weighted by molar-refractivity contribution is -0.145. The number of aliphatic carboxylic acids is 1. The zero-order valence-electron chi connectivity index (χ0n) is 13.0. The van der Waals surface area contributed by atoms with Gasteiger partial charge >= 0.3 is 5.97 Å². The Balaban J connectivity index is 2.24. The summed E-state index contributed by atoms with van der Waals surface area (Å²) >= 11 is 0. The van der Waals surface area contributed by atoms with Crippen LogP contribution in [0.25, 0.3) is 0 Å². The molecule has 0 saturated carbocycles. The minimum absolute atomic E-state index is 0.306. The molecule has 4 nitrogen and oxygen atoms in total. The molecule has 2 aromatic carbocycles. The third-order valence-corrected chi connectivity index (χ3v) is 3.52. The van der Waals surface area contributed by atoms with E-state index in [0.717, 1.165) is 16.7 Å². The Labute approximate surface area is 130 Å². The number of aryl methyl sites for hydroxylation is 2. The molecule has 0 aliphatic heterocycles. The Morgan fingerprint density at radius 1 is 1.14 bits per heavy atom. The number of para-hydroxylation sites is 2. The van der Waals surface area contributed by atoms with Crippen molar-refractivity contribution in [1.29, 1.82) is 0 Å². The number of carbonyl (C=O) groups is 1. The molecule has 2 rings (SSSR count). The van der Waals surface area contributed by atoms with Crippen molar-refractivity contribution in [2.75, 3.05) is 7.11 Å². The predicted molar refractivity (Wildman–Crippen MR) is 84.7 cm³/mol. The summed E-state index contributed by atoms with van der Waals surface area (Å²) in [6.45, 7) is 3.95. The van der Waals surface area contributed by atoms with Gasteiger partial charge in [-0.3, -0.25) is 0 Å². The first-order valence-corrected chi connectivity index (χ1v) is 7.10. The van der Waals surface area contributed by atoms with Crippen molar-refractivity contribution in [3.63, 3.8) is 0 Å². The highest BCUT2D eigenvalue weighted by Gasteiger charge is 2.22. The molecule has 0 aliphatic rings. The lowest BCUT2D eigenvalue weighted by atomic mass is 10.00. The van der Waals surface area contributed by atoms with Crippen molar-refractivity contribution < 1.29 is 19.4 Å². The number of benzene rings is 2. The SMILES string of the molecule is COc1ccccc1O[C@H](Cc1cc(C)ccc1C)C(=O)O. The van der Waals surface area contributed by atoms with E-state index < -0.39 is 12.1 Å². The van der Waals surface area contributed by atoms with E-state index in [9.17, 15) is 9.90 Å². The normalized spacial score (nSPS) is 11.8. The molecule has 0 unspecified atom stereocenters. The average molecular weight is 300 g/mol. The van der Waals surface area contributed by atoms with Gasteiger partial charge in [-0.15, -0.1) is 0 Å². The van der Waals surface area contributed by atoms with Crippen LogP contribution < -0.4 is 9.47 Å². The van der Waals surface area contributed by atoms with E-state index in [0.29, 0.717) is 17.9 Å². The zero-order valence-corrected chi connectivity index (χ0v) is 13.0. The lowest BCUT2D eigenvalue weighted by Crippen LogP contribution is -2.29. The molecule has 116 valence electrons. The molecule has 4 heteroatoms. The first-order valence-electron chi connectivity index (χ1n) is 7.10. The predicted octanol–water partition coefficient (Wildman–Crippen LogP) is 3.39. The van der Waals surface area contributed by atoms with E-state index in [1.807, 2.05) is 38.1 Å². The van der Waals surface area contributed by atoms with Crippen LogP contribution >= 0.6 is 0 Å². The first kappa shape index (κ1) is 15.9. The van der Waals surface area contributed by atoms with E-state index in [1.165, 1.54) is 7.11 Å². The van der Waals surface area contributed by atoms with Crippen LogP contribution in [0.4, 0.5) is 0 Å². The second-order valence-electron chi connectivity index (χ2n) is 5.23. The van der Waals surface area contributed by atoms with Gasteiger partial charge in [-0.25, -0.2) is 4.79 Å². The molecule has 0 spiro atoms. The second kappa shape index (κ2) is 6.98. The Kier molecular flexibility index (Phi) is 5.04. The smallest absolute Gasteiger partial charge is 0.345 e. The standard InChI is InChI=1S/C18H20O4/c1-12-8-9-13(2)14(10-12)11-17(18(19)20)22-16-7-5-4-6-15(16)21-3/h4-10,17H,11H2,1-3H3,(H,19,20)/t17-/m1/s1. The maximum absolute atomic E-state index is 11.5. The number of ether oxygens (including phenoxy) is 2. The van der Waals surface area contributed by atoms with Crippen LogP contribution in [-0.4, -0.2) is 24.3 Å². The molecule has 0 saturated heterocycles. The maximum atomic E-state index is 11.5. The summed E-state index contributed by atoms with van der Waals surface area (Å²) in [7, 11) is 1.53. The summed E-state index contributed by atoms with van der Waals surface area (Å²) in [4.78, 5) is 11.5. The van der Waals surface area contributed by atoms with Gasteiger partial charge in [-0.05, 0) is 37.1 Å². The van der Waals surface area contributed by atoms with E-state index in [2.05, 4.69) is 0 Å². The highest BCUT2D eigenvalue weighted by Crippen LogP contribution is 2.27. The van der Waals surface area contributed by atoms with Gasteiger partial charge in [-0.2, -0.15) is 0 Å². The van der Waals surface area contributed by atoms with Crippen molar-refractivity contribution >= 4 is 5.97 Å². The van der Waals surface area contributed by atoms with E-state index in [4.69, 9.17) is 9.47 Å². The van der Waals surface area contributed by atoms with Crippen molar-refractivity contribution in [3.8, 4) is 11.5 Å². The first-order chi connectivity index (χ1) is 10.5. The molecule has 0 amide bonds. The van der Waals surface area contributed by atoms with Crippen LogP contribution in [-0.2, 0) is 11.2 Å². The van der Waals surface area contributed by atoms with Crippen LogP contribution in [0.2, 0.25) is 0 Å². The van der Waals surface area contributed by atoms with Crippen LogP contribution in [0.5, 0.6) is 11.5 Å². The number of methoxy groups -OCH3 is 1. The molecule has 0 bridgehead atoms. The summed E-state index contributed by atoms with van der Waals surface area (Å²) in [5.74, 6) is -0.0377. The molecule has 0 aromatic heterocycles. The summed E-state index contributed by atoms with van der Waals surface area (Å²) in [5, 5.41) is 9.45. The fourth-order valence-corrected chi connectivity index (χ4v) is 2.27. The molecule has 2 aromatic rings. The quantitative estimate of drug-likeness (QED) is 0.888. The van der Waals surface area contributed by atoms with Crippen LogP contribution in [0.15, 0.2) is 42.5 Å². The molecule has 1 N–H and O–H groups in total. The fourth-order valence-electron chi connectivity index (χ4n) is 2.27. The molecule has 0 heterocycles. The van der Waals surface area contributed by atoms with Gasteiger partial charge < -0.3 is 14.6 Å². The number of carboxylic acid groups (broad SMARTS) is 1. The highest BCUT2D eigenvalue weighted by molar-refractivity contribution is 5.73. The van der Waals surface area contributed by atoms with Gasteiger partial charge in [0.2, 0.25) is 0 Å². The third-order valence-electron chi connectivity index (χ3n) is 3.52. The molecule has 22 heavy (non-hydrogen) atoms. The molecular formula is C18H20O4. The minimum Gasteiger partial charge on any atom is -0.493 e. The summed E-state index contributed by atoms with van der Waals surface area (Å²) in [5.41, 5.74) is 3.13. The average Bonchev–Trinajstić information content (AvgIpc) is 2.50. The lowest BCUT2D eigenvalue weighted by Gasteiger charge is -2.18. The van der Waals surface area contributed by atoms with E-state index in [-0.39, 0.29) is 0 Å². The number of hydrogen-bond donors (Lipinski definition) is 1. The number of rotatable bonds is 6. The summed E-state index contributed by atoms with van der Waals surface area (Å²) in [6.07, 6.45) is -0.655. The van der Waals surface area contributed by atoms with Gasteiger partial charge in [0.1, 0.15) is 0 Å². The van der Waals surface area contributed by atoms with E-state index >= 15 is 0 Å². The minimum atomic E-state index is -0.994. The highest BCUT2D eigenvalue weighted by atomic mass is 16.5. The van der Waals surface area contributed by atoms with E-state index in [1.54, 1.807) is 18.2 Å². The van der Waals surface area contributed by atoms with Gasteiger partial charge in [0.25, 0.3) is 0 Å². The Morgan fingerprint density at radius 3 is 2.45 bits per heavy atom. The molecule has 0 aliphatic carbocycles. The van der Waals surface area contributed by atoms with Crippen molar-refractivity contribution in [1.82, 2.24) is 0 Å². The third kappa shape index (κ3) is 3.79. The fraction of sp³-hybridized carbons (Fsp3) is 0.278. The molecular weight excluding hydrogens is 280 g/mol. The van der Waals surface area contributed by atoms with Crippen molar-refractivity contribution in [3.05, 3.63) is 59.2 Å². The van der Waals surface area contributed by atoms with Gasteiger partial charge in [-0.1, -0.05) is 35.9 Å². The van der Waals surface area contributed by atoms with Crippen LogP contribution in [0.3, 0.4) is 0 Å². The Bertz CT molecular complexity index is 664. The Morgan fingerprint density at radius 2 is 1.82 bits per heavy atom. The van der Waals surface area contributed by atoms with Crippen LogP contribution in [0.1, 0.15) is 16.7 Å². The topological polar surface area (TPSA) is 55.8 Å². The maximum Gasteiger partial charge on any atom is 0.345 e. The van der Waals surface area contributed by atoms with Crippen LogP contribution in [0, 0.1) is 13.8 Å². The zero-order chi connectivity index (χ0) is 16.1.